The lowest BCUT2D eigenvalue weighted by molar-refractivity contribution is 0.286. The van der Waals surface area contributed by atoms with E-state index in [9.17, 15) is 0 Å². The molecule has 0 heterocycles. The van der Waals surface area contributed by atoms with Gasteiger partial charge in [0, 0.05) is 18.5 Å². The van der Waals surface area contributed by atoms with Gasteiger partial charge >= 0.3 is 0 Å². The molecule has 4 nitrogen and oxygen atoms in total. The van der Waals surface area contributed by atoms with Crippen LogP contribution in [0.4, 0.5) is 0 Å². The smallest absolute Gasteiger partial charge is 0.161 e. The number of aliphatic hydroxyl groups is 1. The van der Waals surface area contributed by atoms with Crippen molar-refractivity contribution in [1.29, 1.82) is 0 Å². The third kappa shape index (κ3) is 3.62. The molecule has 1 aromatic carbocycles. The van der Waals surface area contributed by atoms with Crippen LogP contribution in [0.3, 0.4) is 0 Å². The average molecular weight is 253 g/mol. The number of rotatable bonds is 7. The van der Waals surface area contributed by atoms with Crippen molar-refractivity contribution in [3.63, 3.8) is 0 Å². The summed E-state index contributed by atoms with van der Waals surface area (Å²) in [5.41, 5.74) is 1.14. The Morgan fingerprint density at radius 2 is 1.83 bits per heavy atom. The van der Waals surface area contributed by atoms with Crippen LogP contribution in [-0.2, 0) is 5.41 Å². The van der Waals surface area contributed by atoms with E-state index >= 15 is 0 Å². The van der Waals surface area contributed by atoms with Crippen molar-refractivity contribution < 1.29 is 14.6 Å². The van der Waals surface area contributed by atoms with Gasteiger partial charge in [0.1, 0.15) is 0 Å². The third-order valence-corrected chi connectivity index (χ3v) is 3.02. The quantitative estimate of drug-likeness (QED) is 0.724. The molecule has 0 aliphatic heterocycles. The molecule has 0 spiro atoms. The van der Waals surface area contributed by atoms with Crippen LogP contribution in [0.15, 0.2) is 18.2 Å². The summed E-state index contributed by atoms with van der Waals surface area (Å²) < 4.78 is 10.5. The van der Waals surface area contributed by atoms with E-state index in [0.717, 1.165) is 18.0 Å². The first-order chi connectivity index (χ1) is 8.55. The molecule has 0 amide bonds. The highest BCUT2D eigenvalue weighted by molar-refractivity contribution is 5.45. The van der Waals surface area contributed by atoms with Gasteiger partial charge in [0.05, 0.1) is 20.8 Å². The first-order valence-electron chi connectivity index (χ1n) is 6.09. The highest BCUT2D eigenvalue weighted by Crippen LogP contribution is 2.32. The minimum Gasteiger partial charge on any atom is -0.493 e. The van der Waals surface area contributed by atoms with E-state index in [1.165, 1.54) is 5.56 Å². The van der Waals surface area contributed by atoms with Gasteiger partial charge in [0.15, 0.2) is 11.5 Å². The first-order valence-corrected chi connectivity index (χ1v) is 6.09. The van der Waals surface area contributed by atoms with E-state index < -0.39 is 0 Å². The van der Waals surface area contributed by atoms with Crippen LogP contribution in [-0.4, -0.2) is 39.0 Å². The van der Waals surface area contributed by atoms with Gasteiger partial charge in [0.2, 0.25) is 0 Å². The first kappa shape index (κ1) is 14.8. The summed E-state index contributed by atoms with van der Waals surface area (Å²) in [5.74, 6) is 1.48. The van der Waals surface area contributed by atoms with Crippen LogP contribution in [0.25, 0.3) is 0 Å². The fourth-order valence-electron chi connectivity index (χ4n) is 1.84. The van der Waals surface area contributed by atoms with Gasteiger partial charge in [-0.1, -0.05) is 19.9 Å². The SMILES string of the molecule is COc1ccc(C(C)(C)CNCCO)cc1OC. The topological polar surface area (TPSA) is 50.7 Å². The van der Waals surface area contributed by atoms with E-state index in [1.807, 2.05) is 18.2 Å². The summed E-state index contributed by atoms with van der Waals surface area (Å²) in [6, 6.07) is 5.96. The highest BCUT2D eigenvalue weighted by Gasteiger charge is 2.21. The molecule has 0 radical (unpaired) electrons. The third-order valence-electron chi connectivity index (χ3n) is 3.02. The fraction of sp³-hybridized carbons (Fsp3) is 0.571. The van der Waals surface area contributed by atoms with E-state index in [2.05, 4.69) is 19.2 Å². The van der Waals surface area contributed by atoms with Crippen molar-refractivity contribution in [2.75, 3.05) is 33.9 Å². The lowest BCUT2D eigenvalue weighted by Gasteiger charge is -2.26. The zero-order valence-corrected chi connectivity index (χ0v) is 11.6. The van der Waals surface area contributed by atoms with E-state index in [-0.39, 0.29) is 12.0 Å². The van der Waals surface area contributed by atoms with Crippen LogP contribution in [0.1, 0.15) is 19.4 Å². The molecular weight excluding hydrogens is 230 g/mol. The molecular formula is C14H23NO3. The molecule has 0 aliphatic carbocycles. The van der Waals surface area contributed by atoms with Crippen molar-refractivity contribution in [2.45, 2.75) is 19.3 Å². The molecule has 4 heteroatoms. The minimum atomic E-state index is -0.0330. The lowest BCUT2D eigenvalue weighted by Crippen LogP contribution is -2.34. The maximum atomic E-state index is 8.79. The van der Waals surface area contributed by atoms with E-state index in [4.69, 9.17) is 14.6 Å². The molecule has 0 fully saturated rings. The van der Waals surface area contributed by atoms with Crippen molar-refractivity contribution in [2.24, 2.45) is 0 Å². The number of hydrogen-bond acceptors (Lipinski definition) is 4. The Kier molecular flexibility index (Phi) is 5.44. The second-order valence-corrected chi connectivity index (χ2v) is 4.85. The monoisotopic (exact) mass is 253 g/mol. The summed E-state index contributed by atoms with van der Waals surface area (Å²) in [6.45, 7) is 5.86. The molecule has 0 bridgehead atoms. The molecule has 102 valence electrons. The Bertz CT molecular complexity index is 377. The molecule has 1 aromatic rings. The summed E-state index contributed by atoms with van der Waals surface area (Å²) >= 11 is 0. The van der Waals surface area contributed by atoms with Gasteiger partial charge in [-0.05, 0) is 17.7 Å². The maximum Gasteiger partial charge on any atom is 0.161 e. The number of benzene rings is 1. The minimum absolute atomic E-state index is 0.0330. The Morgan fingerprint density at radius 3 is 2.39 bits per heavy atom. The molecule has 0 atom stereocenters. The molecule has 0 saturated heterocycles. The largest absolute Gasteiger partial charge is 0.493 e. The number of hydrogen-bond donors (Lipinski definition) is 2. The Hall–Kier alpha value is -1.26. The van der Waals surface area contributed by atoms with Crippen molar-refractivity contribution in [3.8, 4) is 11.5 Å². The summed E-state index contributed by atoms with van der Waals surface area (Å²) in [5, 5.41) is 12.0. The molecule has 0 aromatic heterocycles. The Labute approximate surface area is 109 Å². The van der Waals surface area contributed by atoms with Crippen molar-refractivity contribution >= 4 is 0 Å². The maximum absolute atomic E-state index is 8.79. The van der Waals surface area contributed by atoms with Gasteiger partial charge in [-0.15, -0.1) is 0 Å². The standard InChI is InChI=1S/C14H23NO3/c1-14(2,10-15-7-8-16)11-5-6-12(17-3)13(9-11)18-4/h5-6,9,15-16H,7-8,10H2,1-4H3. The number of methoxy groups -OCH3 is 2. The van der Waals surface area contributed by atoms with Gasteiger partial charge < -0.3 is 19.9 Å². The van der Waals surface area contributed by atoms with E-state index in [0.29, 0.717) is 6.54 Å². The molecule has 0 aliphatic rings. The highest BCUT2D eigenvalue weighted by atomic mass is 16.5. The normalized spacial score (nSPS) is 11.4. The van der Waals surface area contributed by atoms with Crippen LogP contribution in [0.2, 0.25) is 0 Å². The Balaban J connectivity index is 2.87. The van der Waals surface area contributed by atoms with Gasteiger partial charge in [-0.2, -0.15) is 0 Å². The van der Waals surface area contributed by atoms with Crippen LogP contribution < -0.4 is 14.8 Å². The second kappa shape index (κ2) is 6.61. The zero-order chi connectivity index (χ0) is 13.6. The zero-order valence-electron chi connectivity index (χ0n) is 11.6. The van der Waals surface area contributed by atoms with E-state index in [1.54, 1.807) is 14.2 Å². The van der Waals surface area contributed by atoms with Crippen LogP contribution >= 0.6 is 0 Å². The van der Waals surface area contributed by atoms with Crippen molar-refractivity contribution in [3.05, 3.63) is 23.8 Å². The summed E-state index contributed by atoms with van der Waals surface area (Å²) in [6.07, 6.45) is 0. The number of nitrogens with one attached hydrogen (secondary N) is 1. The molecule has 2 N–H and O–H groups in total. The summed E-state index contributed by atoms with van der Waals surface area (Å²) in [4.78, 5) is 0. The molecule has 1 rings (SSSR count). The van der Waals surface area contributed by atoms with Crippen LogP contribution in [0, 0.1) is 0 Å². The Morgan fingerprint density at radius 1 is 1.17 bits per heavy atom. The molecule has 0 unspecified atom stereocenters. The molecule has 0 saturated carbocycles. The number of ether oxygens (including phenoxy) is 2. The van der Waals surface area contributed by atoms with Gasteiger partial charge in [-0.3, -0.25) is 0 Å². The van der Waals surface area contributed by atoms with Gasteiger partial charge in [0.25, 0.3) is 0 Å². The lowest BCUT2D eigenvalue weighted by atomic mass is 9.84. The average Bonchev–Trinajstić information content (AvgIpc) is 2.38. The van der Waals surface area contributed by atoms with Crippen LogP contribution in [0.5, 0.6) is 11.5 Å². The fourth-order valence-corrected chi connectivity index (χ4v) is 1.84. The predicted octanol–water partition coefficient (Wildman–Crippen LogP) is 1.56. The second-order valence-electron chi connectivity index (χ2n) is 4.85. The molecule has 18 heavy (non-hydrogen) atoms. The van der Waals surface area contributed by atoms with Gasteiger partial charge in [-0.25, -0.2) is 0 Å². The summed E-state index contributed by atoms with van der Waals surface area (Å²) in [7, 11) is 3.27. The predicted molar refractivity (Wildman–Crippen MR) is 72.5 cm³/mol. The van der Waals surface area contributed by atoms with Crippen molar-refractivity contribution in [1.82, 2.24) is 5.32 Å². The number of aliphatic hydroxyl groups excluding tert-OH is 1.